The van der Waals surface area contributed by atoms with Gasteiger partial charge in [-0.15, -0.1) is 0 Å². The van der Waals surface area contributed by atoms with Crippen molar-refractivity contribution in [1.29, 1.82) is 0 Å². The molecule has 0 saturated heterocycles. The third-order valence-corrected chi connectivity index (χ3v) is 3.35. The van der Waals surface area contributed by atoms with Crippen molar-refractivity contribution in [3.05, 3.63) is 75.8 Å². The summed E-state index contributed by atoms with van der Waals surface area (Å²) in [6.45, 7) is 0. The monoisotopic (exact) mass is 217 g/mol. The van der Waals surface area contributed by atoms with Crippen LogP contribution in [-0.2, 0) is 0 Å². The fourth-order valence-corrected chi connectivity index (χ4v) is 2.57. The topological polar surface area (TPSA) is 12.0 Å². The Bertz CT molecular complexity index is 766. The quantitative estimate of drug-likeness (QED) is 0.706. The second-order valence-electron chi connectivity index (χ2n) is 4.42. The molecule has 17 heavy (non-hydrogen) atoms. The van der Waals surface area contributed by atoms with Gasteiger partial charge >= 0.3 is 0 Å². The smallest absolute Gasteiger partial charge is 0.0543 e. The van der Waals surface area contributed by atoms with E-state index in [1.54, 1.807) is 0 Å². The summed E-state index contributed by atoms with van der Waals surface area (Å²) < 4.78 is 0. The summed E-state index contributed by atoms with van der Waals surface area (Å²) >= 11 is 0. The zero-order valence-electron chi connectivity index (χ0n) is 9.27. The lowest BCUT2D eigenvalue weighted by molar-refractivity contribution is 1.11. The van der Waals surface area contributed by atoms with Crippen LogP contribution in [0.25, 0.3) is 17.8 Å². The first-order chi connectivity index (χ1) is 8.42. The molecule has 2 aromatic carbocycles. The molecule has 1 N–H and O–H groups in total. The average molecular weight is 217 g/mol. The van der Waals surface area contributed by atoms with Gasteiger partial charge in [-0.1, -0.05) is 48.5 Å². The highest BCUT2D eigenvalue weighted by Crippen LogP contribution is 2.24. The average Bonchev–Trinajstić information content (AvgIpc) is 2.39. The second-order valence-corrected chi connectivity index (χ2v) is 4.42. The molecule has 0 aromatic heterocycles. The predicted octanol–water partition coefficient (Wildman–Crippen LogP) is 1.58. The molecule has 2 bridgehead atoms. The minimum absolute atomic E-state index is 1.18. The Morgan fingerprint density at radius 2 is 1.59 bits per heavy atom. The van der Waals surface area contributed by atoms with Gasteiger partial charge in [0.15, 0.2) is 0 Å². The SMILES string of the molecule is C1=C2C=c3ccccc3=C(N2)c2ccccc21. The minimum atomic E-state index is 1.18. The van der Waals surface area contributed by atoms with Crippen LogP contribution in [-0.4, -0.2) is 0 Å². The molecule has 2 heterocycles. The highest BCUT2D eigenvalue weighted by molar-refractivity contribution is 5.85. The van der Waals surface area contributed by atoms with Gasteiger partial charge in [0.05, 0.1) is 5.70 Å². The van der Waals surface area contributed by atoms with Gasteiger partial charge in [0, 0.05) is 16.5 Å². The number of allylic oxidation sites excluding steroid dienone is 1. The molecule has 0 unspecified atom stereocenters. The van der Waals surface area contributed by atoms with Crippen LogP contribution in [0.15, 0.2) is 54.2 Å². The first kappa shape index (κ1) is 8.82. The lowest BCUT2D eigenvalue weighted by Gasteiger charge is -2.23. The van der Waals surface area contributed by atoms with Crippen LogP contribution in [0.1, 0.15) is 11.1 Å². The maximum Gasteiger partial charge on any atom is 0.0543 e. The van der Waals surface area contributed by atoms with Gasteiger partial charge in [-0.05, 0) is 22.9 Å². The Kier molecular flexibility index (Phi) is 1.61. The van der Waals surface area contributed by atoms with E-state index in [1.165, 1.54) is 33.0 Å². The molecule has 0 fully saturated rings. The summed E-state index contributed by atoms with van der Waals surface area (Å²) in [5, 5.41) is 6.07. The van der Waals surface area contributed by atoms with E-state index in [-0.39, 0.29) is 0 Å². The third-order valence-electron chi connectivity index (χ3n) is 3.35. The molecule has 0 amide bonds. The van der Waals surface area contributed by atoms with Crippen molar-refractivity contribution in [2.45, 2.75) is 0 Å². The van der Waals surface area contributed by atoms with Gasteiger partial charge in [-0.2, -0.15) is 0 Å². The van der Waals surface area contributed by atoms with E-state index in [0.717, 1.165) is 0 Å². The molecule has 2 aliphatic rings. The standard InChI is InChI=1S/C16H11N/c1-3-7-14-11(5-1)9-13-10-12-6-2-4-8-15(12)16(14)17-13/h1-10,17H. The van der Waals surface area contributed by atoms with Crippen molar-refractivity contribution in [3.63, 3.8) is 0 Å². The fourth-order valence-electron chi connectivity index (χ4n) is 2.57. The van der Waals surface area contributed by atoms with Crippen LogP contribution < -0.4 is 15.8 Å². The summed E-state index contributed by atoms with van der Waals surface area (Å²) in [7, 11) is 0. The number of nitrogens with one attached hydrogen (secondary N) is 1. The summed E-state index contributed by atoms with van der Waals surface area (Å²) in [4.78, 5) is 0. The maximum absolute atomic E-state index is 3.49. The number of hydrogen-bond acceptors (Lipinski definition) is 1. The molecule has 1 nitrogen and oxygen atoms in total. The number of fused-ring (bicyclic) bond motifs is 5. The molecule has 2 aliphatic heterocycles. The minimum Gasteiger partial charge on any atom is -0.354 e. The van der Waals surface area contributed by atoms with Crippen LogP contribution in [0.3, 0.4) is 0 Å². The van der Waals surface area contributed by atoms with Crippen molar-refractivity contribution in [1.82, 2.24) is 5.32 Å². The van der Waals surface area contributed by atoms with Crippen molar-refractivity contribution in [2.24, 2.45) is 0 Å². The Morgan fingerprint density at radius 1 is 0.765 bits per heavy atom. The molecule has 4 rings (SSSR count). The third kappa shape index (κ3) is 1.19. The zero-order valence-corrected chi connectivity index (χ0v) is 9.27. The number of benzene rings is 2. The predicted molar refractivity (Wildman–Crippen MR) is 70.2 cm³/mol. The Balaban J connectivity index is 2.24. The van der Waals surface area contributed by atoms with E-state index in [2.05, 4.69) is 66.0 Å². The van der Waals surface area contributed by atoms with E-state index in [1.807, 2.05) is 0 Å². The van der Waals surface area contributed by atoms with E-state index in [0.29, 0.717) is 0 Å². The van der Waals surface area contributed by atoms with Gasteiger partial charge in [0.1, 0.15) is 0 Å². The molecule has 2 aromatic rings. The van der Waals surface area contributed by atoms with Crippen molar-refractivity contribution < 1.29 is 0 Å². The highest BCUT2D eigenvalue weighted by atomic mass is 14.9. The van der Waals surface area contributed by atoms with E-state index < -0.39 is 0 Å². The van der Waals surface area contributed by atoms with Gasteiger partial charge in [0.25, 0.3) is 0 Å². The molecule has 0 spiro atoms. The Morgan fingerprint density at radius 3 is 2.59 bits per heavy atom. The van der Waals surface area contributed by atoms with Crippen LogP contribution >= 0.6 is 0 Å². The summed E-state index contributed by atoms with van der Waals surface area (Å²) in [5.41, 5.74) is 4.99. The van der Waals surface area contributed by atoms with Gasteiger partial charge < -0.3 is 5.32 Å². The number of hydrogen-bond donors (Lipinski definition) is 1. The van der Waals surface area contributed by atoms with Crippen molar-refractivity contribution in [2.75, 3.05) is 0 Å². The normalized spacial score (nSPS) is 15.1. The van der Waals surface area contributed by atoms with E-state index >= 15 is 0 Å². The van der Waals surface area contributed by atoms with Crippen molar-refractivity contribution >= 4 is 17.8 Å². The maximum atomic E-state index is 3.49. The molecular weight excluding hydrogens is 206 g/mol. The molecule has 0 saturated carbocycles. The first-order valence-electron chi connectivity index (χ1n) is 5.81. The van der Waals surface area contributed by atoms with Crippen LogP contribution in [0.4, 0.5) is 0 Å². The second kappa shape index (κ2) is 3.11. The summed E-state index contributed by atoms with van der Waals surface area (Å²) in [5.74, 6) is 0. The molecule has 0 aliphatic carbocycles. The first-order valence-corrected chi connectivity index (χ1v) is 5.81. The Hall–Kier alpha value is -2.28. The van der Waals surface area contributed by atoms with Gasteiger partial charge in [-0.25, -0.2) is 0 Å². The van der Waals surface area contributed by atoms with Crippen LogP contribution in [0.2, 0.25) is 0 Å². The molecule has 1 heteroatoms. The van der Waals surface area contributed by atoms with E-state index in [4.69, 9.17) is 0 Å². The highest BCUT2D eigenvalue weighted by Gasteiger charge is 2.16. The van der Waals surface area contributed by atoms with E-state index in [9.17, 15) is 0 Å². The number of rotatable bonds is 0. The molecular formula is C16H11N. The molecule has 0 atom stereocenters. The largest absolute Gasteiger partial charge is 0.354 e. The lowest BCUT2D eigenvalue weighted by atomic mass is 9.94. The lowest BCUT2D eigenvalue weighted by Crippen LogP contribution is -2.38. The van der Waals surface area contributed by atoms with Gasteiger partial charge in [0.2, 0.25) is 0 Å². The fraction of sp³-hybridized carbons (Fsp3) is 0. The summed E-state index contributed by atoms with van der Waals surface area (Å²) in [6, 6.07) is 17.0. The van der Waals surface area contributed by atoms with Crippen LogP contribution in [0.5, 0.6) is 0 Å². The summed E-state index contributed by atoms with van der Waals surface area (Å²) in [6.07, 6.45) is 4.41. The zero-order chi connectivity index (χ0) is 11.2. The molecule has 80 valence electrons. The van der Waals surface area contributed by atoms with Gasteiger partial charge in [-0.3, -0.25) is 0 Å². The Labute approximate surface area is 99.4 Å². The van der Waals surface area contributed by atoms with Crippen LogP contribution in [0, 0.1) is 0 Å². The van der Waals surface area contributed by atoms with Crippen molar-refractivity contribution in [3.8, 4) is 0 Å². The molecule has 0 radical (unpaired) electrons.